The van der Waals surface area contributed by atoms with E-state index < -0.39 is 0 Å². The molecule has 19 heavy (non-hydrogen) atoms. The molecule has 0 saturated carbocycles. The molecule has 4 nitrogen and oxygen atoms in total. The Morgan fingerprint density at radius 1 is 1.05 bits per heavy atom. The third-order valence-corrected chi connectivity index (χ3v) is 2.76. The predicted molar refractivity (Wildman–Crippen MR) is 75.5 cm³/mol. The van der Waals surface area contributed by atoms with Crippen molar-refractivity contribution in [3.63, 3.8) is 0 Å². The van der Waals surface area contributed by atoms with Crippen molar-refractivity contribution in [3.05, 3.63) is 70.5 Å². The number of H-pyrrole nitrogens is 1. The number of pyridine rings is 1. The Balaban J connectivity index is 2.02. The number of aromatic nitrogens is 3. The van der Waals surface area contributed by atoms with E-state index in [4.69, 9.17) is 0 Å². The first-order chi connectivity index (χ1) is 9.33. The number of benzene rings is 1. The van der Waals surface area contributed by atoms with Crippen LogP contribution in [0.3, 0.4) is 0 Å². The molecule has 3 rings (SSSR count). The minimum absolute atomic E-state index is 0.153. The van der Waals surface area contributed by atoms with E-state index in [0.29, 0.717) is 16.7 Å². The molecule has 0 amide bonds. The molecular formula is C15H11N3O. The van der Waals surface area contributed by atoms with E-state index in [1.165, 1.54) is 0 Å². The zero-order valence-electron chi connectivity index (χ0n) is 10.1. The van der Waals surface area contributed by atoms with E-state index in [1.807, 2.05) is 36.4 Å². The molecule has 0 aliphatic heterocycles. The van der Waals surface area contributed by atoms with E-state index in [0.717, 1.165) is 5.56 Å². The Morgan fingerprint density at radius 2 is 1.89 bits per heavy atom. The maximum atomic E-state index is 11.9. The van der Waals surface area contributed by atoms with Crippen LogP contribution in [0.25, 0.3) is 23.1 Å². The van der Waals surface area contributed by atoms with Crippen molar-refractivity contribution in [3.8, 4) is 0 Å². The Hall–Kier alpha value is -2.75. The predicted octanol–water partition coefficient (Wildman–Crippen LogP) is 2.49. The van der Waals surface area contributed by atoms with Gasteiger partial charge in [-0.3, -0.25) is 9.78 Å². The van der Waals surface area contributed by atoms with E-state index in [2.05, 4.69) is 15.0 Å². The number of rotatable bonds is 2. The van der Waals surface area contributed by atoms with Crippen LogP contribution >= 0.6 is 0 Å². The van der Waals surface area contributed by atoms with Gasteiger partial charge in [0.25, 0.3) is 5.56 Å². The fourth-order valence-corrected chi connectivity index (χ4v) is 1.83. The lowest BCUT2D eigenvalue weighted by atomic mass is 10.2. The van der Waals surface area contributed by atoms with Gasteiger partial charge in [-0.1, -0.05) is 36.4 Å². The van der Waals surface area contributed by atoms with Gasteiger partial charge in [-0.25, -0.2) is 4.98 Å². The lowest BCUT2D eigenvalue weighted by Crippen LogP contribution is -2.09. The highest BCUT2D eigenvalue weighted by Crippen LogP contribution is 2.07. The largest absolute Gasteiger partial charge is 0.306 e. The molecule has 92 valence electrons. The van der Waals surface area contributed by atoms with E-state index in [9.17, 15) is 4.79 Å². The van der Waals surface area contributed by atoms with Gasteiger partial charge in [0, 0.05) is 6.20 Å². The lowest BCUT2D eigenvalue weighted by molar-refractivity contribution is 1.13. The van der Waals surface area contributed by atoms with Crippen LogP contribution in [0.15, 0.2) is 53.6 Å². The fourth-order valence-electron chi connectivity index (χ4n) is 1.83. The average molecular weight is 249 g/mol. The quantitative estimate of drug-likeness (QED) is 0.759. The summed E-state index contributed by atoms with van der Waals surface area (Å²) in [5.74, 6) is 0.523. The molecule has 1 aromatic carbocycles. The van der Waals surface area contributed by atoms with Crippen molar-refractivity contribution in [2.75, 3.05) is 0 Å². The Morgan fingerprint density at radius 3 is 2.74 bits per heavy atom. The van der Waals surface area contributed by atoms with Crippen molar-refractivity contribution in [1.82, 2.24) is 15.0 Å². The smallest absolute Gasteiger partial charge is 0.259 e. The Bertz CT molecular complexity index is 791. The summed E-state index contributed by atoms with van der Waals surface area (Å²) in [6.45, 7) is 0. The molecule has 2 aromatic heterocycles. The second kappa shape index (κ2) is 4.86. The van der Waals surface area contributed by atoms with Gasteiger partial charge in [-0.05, 0) is 17.7 Å². The third kappa shape index (κ3) is 2.42. The second-order valence-corrected chi connectivity index (χ2v) is 4.09. The molecule has 0 aliphatic rings. The number of hydrogen-bond acceptors (Lipinski definition) is 3. The van der Waals surface area contributed by atoms with Crippen molar-refractivity contribution in [2.24, 2.45) is 0 Å². The molecular weight excluding hydrogens is 238 g/mol. The van der Waals surface area contributed by atoms with Gasteiger partial charge in [0.15, 0.2) is 0 Å². The summed E-state index contributed by atoms with van der Waals surface area (Å²) < 4.78 is 0. The topological polar surface area (TPSA) is 58.6 Å². The first-order valence-electron chi connectivity index (χ1n) is 5.90. The number of nitrogens with one attached hydrogen (secondary N) is 1. The van der Waals surface area contributed by atoms with E-state index in [-0.39, 0.29) is 5.56 Å². The Labute approximate surface area is 109 Å². The highest BCUT2D eigenvalue weighted by Gasteiger charge is 2.00. The average Bonchev–Trinajstić information content (AvgIpc) is 2.46. The molecule has 0 spiro atoms. The number of fused-ring (bicyclic) bond motifs is 1. The second-order valence-electron chi connectivity index (χ2n) is 4.09. The highest BCUT2D eigenvalue weighted by molar-refractivity contribution is 5.77. The molecule has 2 heterocycles. The SMILES string of the molecule is O=c1[nH]c(/C=C/c2ccccc2)nc2cnccc12. The van der Waals surface area contributed by atoms with Crippen LogP contribution in [0.1, 0.15) is 11.4 Å². The summed E-state index contributed by atoms with van der Waals surface area (Å²) in [6, 6.07) is 11.5. The highest BCUT2D eigenvalue weighted by atomic mass is 16.1. The lowest BCUT2D eigenvalue weighted by Gasteiger charge is -1.98. The van der Waals surface area contributed by atoms with Gasteiger partial charge in [0.1, 0.15) is 5.82 Å². The van der Waals surface area contributed by atoms with Crippen LogP contribution in [-0.4, -0.2) is 15.0 Å². The number of aromatic amines is 1. The minimum Gasteiger partial charge on any atom is -0.306 e. The summed E-state index contributed by atoms with van der Waals surface area (Å²) in [5, 5.41) is 0.548. The molecule has 0 aliphatic carbocycles. The van der Waals surface area contributed by atoms with Crippen molar-refractivity contribution < 1.29 is 0 Å². The monoisotopic (exact) mass is 249 g/mol. The molecule has 0 fully saturated rings. The molecule has 0 atom stereocenters. The van der Waals surface area contributed by atoms with Crippen LogP contribution in [0.4, 0.5) is 0 Å². The number of hydrogen-bond donors (Lipinski definition) is 1. The molecule has 0 unspecified atom stereocenters. The number of nitrogens with zero attached hydrogens (tertiary/aromatic N) is 2. The summed E-state index contributed by atoms with van der Waals surface area (Å²) in [5.41, 5.74) is 1.50. The molecule has 0 radical (unpaired) electrons. The van der Waals surface area contributed by atoms with Gasteiger partial charge in [-0.15, -0.1) is 0 Å². The van der Waals surface area contributed by atoms with Crippen LogP contribution in [0, 0.1) is 0 Å². The van der Waals surface area contributed by atoms with Gasteiger partial charge in [0.2, 0.25) is 0 Å². The normalized spacial score (nSPS) is 11.2. The van der Waals surface area contributed by atoms with E-state index >= 15 is 0 Å². The van der Waals surface area contributed by atoms with Crippen LogP contribution in [-0.2, 0) is 0 Å². The molecule has 0 saturated heterocycles. The maximum absolute atomic E-state index is 11.9. The van der Waals surface area contributed by atoms with Gasteiger partial charge in [-0.2, -0.15) is 0 Å². The van der Waals surface area contributed by atoms with Gasteiger partial charge >= 0.3 is 0 Å². The summed E-state index contributed by atoms with van der Waals surface area (Å²) in [4.78, 5) is 22.9. The zero-order chi connectivity index (χ0) is 13.1. The summed E-state index contributed by atoms with van der Waals surface area (Å²) in [7, 11) is 0. The summed E-state index contributed by atoms with van der Waals surface area (Å²) in [6.07, 6.45) is 6.85. The van der Waals surface area contributed by atoms with Crippen LogP contribution < -0.4 is 5.56 Å². The molecule has 0 bridgehead atoms. The molecule has 4 heteroatoms. The Kier molecular flexibility index (Phi) is 2.90. The fraction of sp³-hybridized carbons (Fsp3) is 0. The minimum atomic E-state index is -0.153. The molecule has 3 aromatic rings. The third-order valence-electron chi connectivity index (χ3n) is 2.76. The van der Waals surface area contributed by atoms with Gasteiger partial charge < -0.3 is 4.98 Å². The van der Waals surface area contributed by atoms with Crippen LogP contribution in [0.5, 0.6) is 0 Å². The zero-order valence-corrected chi connectivity index (χ0v) is 10.1. The van der Waals surface area contributed by atoms with Crippen molar-refractivity contribution in [2.45, 2.75) is 0 Å². The summed E-state index contributed by atoms with van der Waals surface area (Å²) >= 11 is 0. The van der Waals surface area contributed by atoms with Crippen LogP contribution in [0.2, 0.25) is 0 Å². The van der Waals surface area contributed by atoms with Crippen molar-refractivity contribution >= 4 is 23.1 Å². The van der Waals surface area contributed by atoms with E-state index in [1.54, 1.807) is 24.5 Å². The van der Waals surface area contributed by atoms with Crippen molar-refractivity contribution in [1.29, 1.82) is 0 Å². The standard InChI is InChI=1S/C15H11N3O/c19-15-12-8-9-16-10-13(12)17-14(18-15)7-6-11-4-2-1-3-5-11/h1-10H,(H,17,18,19)/b7-6+. The van der Waals surface area contributed by atoms with Gasteiger partial charge in [0.05, 0.1) is 17.1 Å². The first kappa shape index (κ1) is 11.3. The first-order valence-corrected chi connectivity index (χ1v) is 5.90. The maximum Gasteiger partial charge on any atom is 0.259 e. The molecule has 1 N–H and O–H groups in total.